The van der Waals surface area contributed by atoms with Gasteiger partial charge in [0.15, 0.2) is 0 Å². The zero-order chi connectivity index (χ0) is 14.2. The summed E-state index contributed by atoms with van der Waals surface area (Å²) in [5, 5.41) is 3.32. The molecule has 0 atom stereocenters. The fourth-order valence-corrected chi connectivity index (χ4v) is 2.49. The molecule has 1 saturated heterocycles. The zero-order valence-electron chi connectivity index (χ0n) is 12.2. The molecule has 110 valence electrons. The number of hydrogen-bond acceptors (Lipinski definition) is 3. The molecule has 1 aromatic carbocycles. The van der Waals surface area contributed by atoms with E-state index in [1.54, 1.807) is 7.11 Å². The first-order chi connectivity index (χ1) is 9.79. The number of benzene rings is 1. The molecule has 0 aromatic heterocycles. The third kappa shape index (κ3) is 4.53. The molecule has 0 saturated carbocycles. The van der Waals surface area contributed by atoms with Gasteiger partial charge in [-0.15, -0.1) is 0 Å². The summed E-state index contributed by atoms with van der Waals surface area (Å²) in [6, 6.07) is 8.08. The topological polar surface area (TPSA) is 41.6 Å². The Morgan fingerprint density at radius 2 is 2.05 bits per heavy atom. The fraction of sp³-hybridized carbons (Fsp3) is 0.562. The number of aryl methyl sites for hydroxylation is 1. The Morgan fingerprint density at radius 1 is 1.25 bits per heavy atom. The number of amides is 1. The van der Waals surface area contributed by atoms with E-state index in [4.69, 9.17) is 4.74 Å². The Bertz CT molecular complexity index is 409. The second kappa shape index (κ2) is 7.90. The predicted molar refractivity (Wildman–Crippen MR) is 80.0 cm³/mol. The van der Waals surface area contributed by atoms with Gasteiger partial charge in [-0.05, 0) is 43.5 Å². The number of ether oxygens (including phenoxy) is 1. The minimum absolute atomic E-state index is 0.294. The predicted octanol–water partition coefficient (Wildman–Crippen LogP) is 1.84. The summed E-state index contributed by atoms with van der Waals surface area (Å²) in [4.78, 5) is 14.1. The van der Waals surface area contributed by atoms with E-state index in [1.165, 1.54) is 5.56 Å². The van der Waals surface area contributed by atoms with E-state index in [-0.39, 0.29) is 0 Å². The fourth-order valence-electron chi connectivity index (χ4n) is 2.49. The molecule has 0 aliphatic carbocycles. The number of rotatable bonds is 5. The van der Waals surface area contributed by atoms with Gasteiger partial charge >= 0.3 is 0 Å². The van der Waals surface area contributed by atoms with Crippen molar-refractivity contribution in [3.05, 3.63) is 29.8 Å². The van der Waals surface area contributed by atoms with Crippen molar-refractivity contribution in [2.75, 3.05) is 33.3 Å². The lowest BCUT2D eigenvalue weighted by molar-refractivity contribution is -0.131. The quantitative estimate of drug-likeness (QED) is 0.892. The van der Waals surface area contributed by atoms with Crippen molar-refractivity contribution < 1.29 is 9.53 Å². The van der Waals surface area contributed by atoms with Crippen LogP contribution in [-0.4, -0.2) is 44.1 Å². The third-order valence-electron chi connectivity index (χ3n) is 3.71. The van der Waals surface area contributed by atoms with Gasteiger partial charge in [-0.1, -0.05) is 12.1 Å². The molecule has 1 aliphatic rings. The van der Waals surface area contributed by atoms with Crippen molar-refractivity contribution in [1.29, 1.82) is 0 Å². The van der Waals surface area contributed by atoms with Crippen LogP contribution in [0.2, 0.25) is 0 Å². The van der Waals surface area contributed by atoms with E-state index in [0.717, 1.165) is 51.2 Å². The Hall–Kier alpha value is -1.55. The number of methoxy groups -OCH3 is 1. The molecule has 20 heavy (non-hydrogen) atoms. The van der Waals surface area contributed by atoms with Gasteiger partial charge in [0, 0.05) is 26.1 Å². The Balaban J connectivity index is 1.72. The second-order valence-electron chi connectivity index (χ2n) is 5.19. The zero-order valence-corrected chi connectivity index (χ0v) is 12.2. The number of carbonyl (C=O) groups excluding carboxylic acids is 1. The maximum atomic E-state index is 12.1. The molecule has 4 nitrogen and oxygen atoms in total. The van der Waals surface area contributed by atoms with E-state index < -0.39 is 0 Å². The monoisotopic (exact) mass is 276 g/mol. The third-order valence-corrected chi connectivity index (χ3v) is 3.71. The van der Waals surface area contributed by atoms with Gasteiger partial charge in [-0.25, -0.2) is 0 Å². The minimum atomic E-state index is 0.294. The lowest BCUT2D eigenvalue weighted by Crippen LogP contribution is -2.34. The molecule has 2 rings (SSSR count). The number of nitrogens with one attached hydrogen (secondary N) is 1. The van der Waals surface area contributed by atoms with Crippen LogP contribution in [0.4, 0.5) is 0 Å². The highest BCUT2D eigenvalue weighted by atomic mass is 16.5. The van der Waals surface area contributed by atoms with Crippen molar-refractivity contribution in [3.63, 3.8) is 0 Å². The van der Waals surface area contributed by atoms with Crippen LogP contribution in [0.5, 0.6) is 5.75 Å². The number of nitrogens with zero attached hydrogens (tertiary/aromatic N) is 1. The molecular weight excluding hydrogens is 252 g/mol. The van der Waals surface area contributed by atoms with E-state index in [9.17, 15) is 4.79 Å². The first-order valence-electron chi connectivity index (χ1n) is 7.41. The van der Waals surface area contributed by atoms with Crippen LogP contribution in [0.15, 0.2) is 24.3 Å². The number of carbonyl (C=O) groups is 1. The van der Waals surface area contributed by atoms with Crippen molar-refractivity contribution in [3.8, 4) is 5.75 Å². The van der Waals surface area contributed by atoms with Crippen molar-refractivity contribution >= 4 is 5.91 Å². The van der Waals surface area contributed by atoms with Crippen molar-refractivity contribution in [2.24, 2.45) is 0 Å². The van der Waals surface area contributed by atoms with Crippen LogP contribution < -0.4 is 10.1 Å². The summed E-state index contributed by atoms with van der Waals surface area (Å²) in [5.74, 6) is 1.17. The van der Waals surface area contributed by atoms with Crippen molar-refractivity contribution in [2.45, 2.75) is 25.7 Å². The van der Waals surface area contributed by atoms with Crippen LogP contribution in [0, 0.1) is 0 Å². The molecule has 1 aromatic rings. The highest BCUT2D eigenvalue weighted by Crippen LogP contribution is 2.13. The second-order valence-corrected chi connectivity index (χ2v) is 5.19. The molecule has 0 spiro atoms. The molecule has 1 aliphatic heterocycles. The average molecular weight is 276 g/mol. The normalized spacial score (nSPS) is 15.8. The highest BCUT2D eigenvalue weighted by Gasteiger charge is 2.14. The van der Waals surface area contributed by atoms with Gasteiger partial charge in [0.05, 0.1) is 7.11 Å². The summed E-state index contributed by atoms with van der Waals surface area (Å²) in [7, 11) is 1.67. The molecular formula is C16H24N2O2. The van der Waals surface area contributed by atoms with Gasteiger partial charge in [0.2, 0.25) is 5.91 Å². The summed E-state index contributed by atoms with van der Waals surface area (Å²) in [6.07, 6.45) is 3.56. The Morgan fingerprint density at radius 3 is 2.80 bits per heavy atom. The van der Waals surface area contributed by atoms with E-state index in [1.807, 2.05) is 17.0 Å². The van der Waals surface area contributed by atoms with Crippen LogP contribution in [0.1, 0.15) is 24.8 Å². The summed E-state index contributed by atoms with van der Waals surface area (Å²) in [5.41, 5.74) is 1.26. The summed E-state index contributed by atoms with van der Waals surface area (Å²) >= 11 is 0. The van der Waals surface area contributed by atoms with E-state index >= 15 is 0 Å². The summed E-state index contributed by atoms with van der Waals surface area (Å²) < 4.78 is 5.14. The Kier molecular flexibility index (Phi) is 5.87. The average Bonchev–Trinajstić information content (AvgIpc) is 2.77. The SMILES string of the molecule is COc1ccc(CCCC(=O)N2CCCNCC2)cc1. The van der Waals surface area contributed by atoms with Gasteiger partial charge in [-0.3, -0.25) is 4.79 Å². The van der Waals surface area contributed by atoms with Gasteiger partial charge < -0.3 is 15.0 Å². The van der Waals surface area contributed by atoms with E-state index in [2.05, 4.69) is 17.4 Å². The van der Waals surface area contributed by atoms with Crippen LogP contribution in [-0.2, 0) is 11.2 Å². The molecule has 4 heteroatoms. The lowest BCUT2D eigenvalue weighted by Gasteiger charge is -2.19. The first kappa shape index (κ1) is 14.9. The first-order valence-corrected chi connectivity index (χ1v) is 7.41. The lowest BCUT2D eigenvalue weighted by atomic mass is 10.1. The van der Waals surface area contributed by atoms with Gasteiger partial charge in [0.25, 0.3) is 0 Å². The van der Waals surface area contributed by atoms with Gasteiger partial charge in [-0.2, -0.15) is 0 Å². The van der Waals surface area contributed by atoms with E-state index in [0.29, 0.717) is 12.3 Å². The standard InChI is InChI=1S/C16H24N2O2/c1-20-15-8-6-14(7-9-15)4-2-5-16(19)18-12-3-10-17-11-13-18/h6-9,17H,2-5,10-13H2,1H3. The highest BCUT2D eigenvalue weighted by molar-refractivity contribution is 5.76. The molecule has 1 amide bonds. The van der Waals surface area contributed by atoms with Crippen LogP contribution in [0.25, 0.3) is 0 Å². The van der Waals surface area contributed by atoms with Crippen molar-refractivity contribution in [1.82, 2.24) is 10.2 Å². The minimum Gasteiger partial charge on any atom is -0.497 e. The Labute approximate surface area is 121 Å². The van der Waals surface area contributed by atoms with Gasteiger partial charge in [0.1, 0.15) is 5.75 Å². The maximum absolute atomic E-state index is 12.1. The van der Waals surface area contributed by atoms with Crippen LogP contribution >= 0.6 is 0 Å². The molecule has 1 fully saturated rings. The summed E-state index contributed by atoms with van der Waals surface area (Å²) in [6.45, 7) is 3.69. The molecule has 0 unspecified atom stereocenters. The molecule has 1 heterocycles. The maximum Gasteiger partial charge on any atom is 0.222 e. The molecule has 0 radical (unpaired) electrons. The van der Waals surface area contributed by atoms with Crippen LogP contribution in [0.3, 0.4) is 0 Å². The number of hydrogen-bond donors (Lipinski definition) is 1. The smallest absolute Gasteiger partial charge is 0.222 e. The molecule has 0 bridgehead atoms. The largest absolute Gasteiger partial charge is 0.497 e. The molecule has 1 N–H and O–H groups in total.